The van der Waals surface area contributed by atoms with E-state index in [9.17, 15) is 4.79 Å². The Labute approximate surface area is 122 Å². The molecule has 1 atom stereocenters. The van der Waals surface area contributed by atoms with Gasteiger partial charge in [-0.1, -0.05) is 28.1 Å². The number of amides is 1. The fourth-order valence-corrected chi connectivity index (χ4v) is 2.31. The maximum atomic E-state index is 11.8. The van der Waals surface area contributed by atoms with Gasteiger partial charge in [-0.3, -0.25) is 4.79 Å². The van der Waals surface area contributed by atoms with Gasteiger partial charge in [-0.25, -0.2) is 0 Å². The summed E-state index contributed by atoms with van der Waals surface area (Å²) in [7, 11) is 0. The van der Waals surface area contributed by atoms with E-state index < -0.39 is 0 Å². The Balaban J connectivity index is 0.00000162. The van der Waals surface area contributed by atoms with Crippen LogP contribution in [0.1, 0.15) is 18.4 Å². The summed E-state index contributed by atoms with van der Waals surface area (Å²) < 4.78 is 1.04. The average molecular weight is 334 g/mol. The molecule has 100 valence electrons. The summed E-state index contributed by atoms with van der Waals surface area (Å²) >= 11 is 3.38. The van der Waals surface area contributed by atoms with Crippen molar-refractivity contribution >= 4 is 34.2 Å². The maximum absolute atomic E-state index is 11.8. The lowest BCUT2D eigenvalue weighted by atomic mass is 10.1. The third kappa shape index (κ3) is 4.96. The van der Waals surface area contributed by atoms with E-state index in [0.717, 1.165) is 36.0 Å². The molecule has 18 heavy (non-hydrogen) atoms. The molecule has 3 nitrogen and oxygen atoms in total. The maximum Gasteiger partial charge on any atom is 0.224 e. The highest BCUT2D eigenvalue weighted by Crippen LogP contribution is 2.11. The Morgan fingerprint density at radius 3 is 2.72 bits per heavy atom. The van der Waals surface area contributed by atoms with E-state index in [1.54, 1.807) is 0 Å². The van der Waals surface area contributed by atoms with Crippen LogP contribution in [0.3, 0.4) is 0 Å². The van der Waals surface area contributed by atoms with Crippen LogP contribution in [0.25, 0.3) is 0 Å². The van der Waals surface area contributed by atoms with Gasteiger partial charge in [0.15, 0.2) is 0 Å². The average Bonchev–Trinajstić information content (AvgIpc) is 2.33. The van der Waals surface area contributed by atoms with E-state index in [1.807, 2.05) is 24.3 Å². The first-order valence-electron chi connectivity index (χ1n) is 5.98. The minimum absolute atomic E-state index is 0. The molecule has 0 spiro atoms. The minimum Gasteiger partial charge on any atom is -0.352 e. The van der Waals surface area contributed by atoms with Crippen LogP contribution in [0.2, 0.25) is 0 Å². The highest BCUT2D eigenvalue weighted by Gasteiger charge is 2.15. The molecular formula is C13H18BrClN2O. The third-order valence-electron chi connectivity index (χ3n) is 2.94. The topological polar surface area (TPSA) is 41.1 Å². The molecule has 0 aliphatic carbocycles. The second-order valence-corrected chi connectivity index (χ2v) is 5.33. The summed E-state index contributed by atoms with van der Waals surface area (Å²) in [5.74, 6) is 0.112. The van der Waals surface area contributed by atoms with Crippen LogP contribution in [-0.2, 0) is 11.2 Å². The molecule has 2 rings (SSSR count). The Hall–Kier alpha value is -0.580. The summed E-state index contributed by atoms with van der Waals surface area (Å²) in [6.07, 6.45) is 2.69. The van der Waals surface area contributed by atoms with Crippen molar-refractivity contribution < 1.29 is 4.79 Å². The lowest BCUT2D eigenvalue weighted by Gasteiger charge is -2.23. The number of carbonyl (C=O) groups excluding carboxylic acids is 1. The second-order valence-electron chi connectivity index (χ2n) is 4.41. The van der Waals surface area contributed by atoms with Gasteiger partial charge in [0.05, 0.1) is 6.42 Å². The van der Waals surface area contributed by atoms with Crippen molar-refractivity contribution in [2.24, 2.45) is 0 Å². The molecule has 1 heterocycles. The summed E-state index contributed by atoms with van der Waals surface area (Å²) in [6, 6.07) is 8.17. The zero-order valence-corrected chi connectivity index (χ0v) is 12.5. The van der Waals surface area contributed by atoms with E-state index in [0.29, 0.717) is 12.5 Å². The predicted molar refractivity (Wildman–Crippen MR) is 79.1 cm³/mol. The molecule has 0 radical (unpaired) electrons. The molecule has 1 aliphatic rings. The number of hydrogen-bond acceptors (Lipinski definition) is 2. The van der Waals surface area contributed by atoms with Crippen LogP contribution in [0.5, 0.6) is 0 Å². The van der Waals surface area contributed by atoms with Crippen LogP contribution >= 0.6 is 28.3 Å². The first kappa shape index (κ1) is 15.5. The van der Waals surface area contributed by atoms with Gasteiger partial charge in [-0.05, 0) is 37.1 Å². The quantitative estimate of drug-likeness (QED) is 0.891. The number of halogens is 2. The van der Waals surface area contributed by atoms with Gasteiger partial charge in [0.2, 0.25) is 5.91 Å². The van der Waals surface area contributed by atoms with Gasteiger partial charge < -0.3 is 10.6 Å². The SMILES string of the molecule is Cl.O=C(Cc1ccc(Br)cc1)NC1CCCNC1. The molecule has 0 aromatic heterocycles. The summed E-state index contributed by atoms with van der Waals surface area (Å²) in [5, 5.41) is 6.36. The zero-order chi connectivity index (χ0) is 12.1. The molecule has 5 heteroatoms. The van der Waals surface area contributed by atoms with Gasteiger partial charge in [0, 0.05) is 17.1 Å². The fraction of sp³-hybridized carbons (Fsp3) is 0.462. The Morgan fingerprint density at radius 1 is 1.39 bits per heavy atom. The molecule has 0 bridgehead atoms. The molecular weight excluding hydrogens is 316 g/mol. The Kier molecular flexibility index (Phi) is 6.68. The van der Waals surface area contributed by atoms with Crippen molar-refractivity contribution in [3.63, 3.8) is 0 Å². The van der Waals surface area contributed by atoms with E-state index in [-0.39, 0.29) is 18.3 Å². The highest BCUT2D eigenvalue weighted by molar-refractivity contribution is 9.10. The van der Waals surface area contributed by atoms with E-state index >= 15 is 0 Å². The van der Waals surface area contributed by atoms with Crippen molar-refractivity contribution in [2.75, 3.05) is 13.1 Å². The summed E-state index contributed by atoms with van der Waals surface area (Å²) in [6.45, 7) is 1.96. The smallest absolute Gasteiger partial charge is 0.224 e. The van der Waals surface area contributed by atoms with Crippen LogP contribution < -0.4 is 10.6 Å². The summed E-state index contributed by atoms with van der Waals surface area (Å²) in [5.41, 5.74) is 1.05. The van der Waals surface area contributed by atoms with Crippen LogP contribution in [0.4, 0.5) is 0 Å². The van der Waals surface area contributed by atoms with Crippen molar-refractivity contribution in [1.29, 1.82) is 0 Å². The van der Waals surface area contributed by atoms with Crippen LogP contribution in [0.15, 0.2) is 28.7 Å². The molecule has 0 saturated carbocycles. The number of rotatable bonds is 3. The standard InChI is InChI=1S/C13H17BrN2O.ClH/c14-11-5-3-10(4-6-11)8-13(17)16-12-2-1-7-15-9-12;/h3-6,12,15H,1-2,7-9H2,(H,16,17);1H. The molecule has 1 aromatic rings. The molecule has 1 saturated heterocycles. The van der Waals surface area contributed by atoms with E-state index in [4.69, 9.17) is 0 Å². The third-order valence-corrected chi connectivity index (χ3v) is 3.47. The minimum atomic E-state index is 0. The summed E-state index contributed by atoms with van der Waals surface area (Å²) in [4.78, 5) is 11.8. The number of hydrogen-bond donors (Lipinski definition) is 2. The molecule has 1 unspecified atom stereocenters. The van der Waals surface area contributed by atoms with Crippen LogP contribution in [-0.4, -0.2) is 25.0 Å². The van der Waals surface area contributed by atoms with Gasteiger partial charge in [-0.2, -0.15) is 0 Å². The normalized spacial score (nSPS) is 18.8. The number of piperidine rings is 1. The number of nitrogens with one attached hydrogen (secondary N) is 2. The van der Waals surface area contributed by atoms with Crippen molar-refractivity contribution in [2.45, 2.75) is 25.3 Å². The fourth-order valence-electron chi connectivity index (χ4n) is 2.04. The van der Waals surface area contributed by atoms with Crippen molar-refractivity contribution in [1.82, 2.24) is 10.6 Å². The highest BCUT2D eigenvalue weighted by atomic mass is 79.9. The first-order chi connectivity index (χ1) is 8.24. The van der Waals surface area contributed by atoms with Gasteiger partial charge in [0.1, 0.15) is 0 Å². The molecule has 2 N–H and O–H groups in total. The van der Waals surface area contributed by atoms with Gasteiger partial charge in [0.25, 0.3) is 0 Å². The Bertz CT molecular complexity index is 377. The number of benzene rings is 1. The predicted octanol–water partition coefficient (Wildman–Crippen LogP) is 2.28. The molecule has 1 fully saturated rings. The van der Waals surface area contributed by atoms with Gasteiger partial charge in [-0.15, -0.1) is 12.4 Å². The molecule has 1 aromatic carbocycles. The largest absolute Gasteiger partial charge is 0.352 e. The molecule has 1 amide bonds. The first-order valence-corrected chi connectivity index (χ1v) is 6.78. The monoisotopic (exact) mass is 332 g/mol. The van der Waals surface area contributed by atoms with Crippen molar-refractivity contribution in [3.05, 3.63) is 34.3 Å². The zero-order valence-electron chi connectivity index (χ0n) is 10.1. The van der Waals surface area contributed by atoms with E-state index in [1.165, 1.54) is 0 Å². The lowest BCUT2D eigenvalue weighted by Crippen LogP contribution is -2.46. The second kappa shape index (κ2) is 7.77. The van der Waals surface area contributed by atoms with Crippen LogP contribution in [0, 0.1) is 0 Å². The Morgan fingerprint density at radius 2 is 2.11 bits per heavy atom. The van der Waals surface area contributed by atoms with Crippen molar-refractivity contribution in [3.8, 4) is 0 Å². The van der Waals surface area contributed by atoms with Gasteiger partial charge >= 0.3 is 0 Å². The lowest BCUT2D eigenvalue weighted by molar-refractivity contribution is -0.121. The van der Waals surface area contributed by atoms with E-state index in [2.05, 4.69) is 26.6 Å². The number of carbonyl (C=O) groups is 1. The molecule has 1 aliphatic heterocycles.